The van der Waals surface area contributed by atoms with Crippen LogP contribution < -0.4 is 4.90 Å². The summed E-state index contributed by atoms with van der Waals surface area (Å²) in [6, 6.07) is 9.46. The standard InChI is InChI=1S/C16H20N4O2S/c1-22-12-14-17-16(23-18-14)20-9-5-8-19(10-11-20)15(21)13-6-3-2-4-7-13/h2-4,6-7H,5,8-12H2,1H3. The van der Waals surface area contributed by atoms with Crippen molar-refractivity contribution in [2.75, 3.05) is 38.2 Å². The largest absolute Gasteiger partial charge is 0.377 e. The van der Waals surface area contributed by atoms with E-state index in [-0.39, 0.29) is 5.91 Å². The maximum absolute atomic E-state index is 12.6. The molecule has 1 aliphatic rings. The first-order valence-electron chi connectivity index (χ1n) is 7.68. The number of methoxy groups -OCH3 is 1. The molecule has 1 aromatic carbocycles. The zero-order valence-electron chi connectivity index (χ0n) is 13.1. The van der Waals surface area contributed by atoms with Crippen LogP contribution in [0.2, 0.25) is 0 Å². The lowest BCUT2D eigenvalue weighted by atomic mass is 10.2. The van der Waals surface area contributed by atoms with E-state index in [1.807, 2.05) is 35.2 Å². The lowest BCUT2D eigenvalue weighted by Gasteiger charge is -2.21. The number of hydrogen-bond acceptors (Lipinski definition) is 6. The molecule has 23 heavy (non-hydrogen) atoms. The van der Waals surface area contributed by atoms with Gasteiger partial charge < -0.3 is 14.5 Å². The number of nitrogens with zero attached hydrogens (tertiary/aromatic N) is 4. The molecule has 122 valence electrons. The summed E-state index contributed by atoms with van der Waals surface area (Å²) in [5, 5.41) is 0.908. The van der Waals surface area contributed by atoms with E-state index in [0.717, 1.165) is 36.8 Å². The monoisotopic (exact) mass is 332 g/mol. The summed E-state index contributed by atoms with van der Waals surface area (Å²) in [6.07, 6.45) is 0.928. The summed E-state index contributed by atoms with van der Waals surface area (Å²) in [5.74, 6) is 0.818. The van der Waals surface area contributed by atoms with Crippen molar-refractivity contribution >= 4 is 22.6 Å². The fourth-order valence-electron chi connectivity index (χ4n) is 2.64. The van der Waals surface area contributed by atoms with Gasteiger partial charge in [-0.25, -0.2) is 4.98 Å². The minimum Gasteiger partial charge on any atom is -0.377 e. The van der Waals surface area contributed by atoms with E-state index in [2.05, 4.69) is 14.3 Å². The maximum Gasteiger partial charge on any atom is 0.253 e. The number of ether oxygens (including phenoxy) is 1. The van der Waals surface area contributed by atoms with E-state index in [9.17, 15) is 4.79 Å². The third kappa shape index (κ3) is 3.86. The predicted octanol–water partition coefficient (Wildman–Crippen LogP) is 2.04. The van der Waals surface area contributed by atoms with Gasteiger partial charge in [0, 0.05) is 50.4 Å². The van der Waals surface area contributed by atoms with Gasteiger partial charge in [-0.15, -0.1) is 0 Å². The van der Waals surface area contributed by atoms with Gasteiger partial charge in [0.2, 0.25) is 5.13 Å². The van der Waals surface area contributed by atoms with Gasteiger partial charge in [-0.3, -0.25) is 4.79 Å². The number of aromatic nitrogens is 2. The lowest BCUT2D eigenvalue weighted by molar-refractivity contribution is 0.0767. The minimum atomic E-state index is 0.102. The van der Waals surface area contributed by atoms with Crippen LogP contribution in [0.5, 0.6) is 0 Å². The molecule has 7 heteroatoms. The Morgan fingerprint density at radius 3 is 2.83 bits per heavy atom. The Morgan fingerprint density at radius 1 is 1.22 bits per heavy atom. The number of rotatable bonds is 4. The molecule has 0 spiro atoms. The summed E-state index contributed by atoms with van der Waals surface area (Å²) < 4.78 is 9.36. The predicted molar refractivity (Wildman–Crippen MR) is 89.8 cm³/mol. The molecular formula is C16H20N4O2S. The summed E-state index contributed by atoms with van der Waals surface area (Å²) >= 11 is 1.39. The van der Waals surface area contributed by atoms with Gasteiger partial charge in [-0.05, 0) is 18.6 Å². The Morgan fingerprint density at radius 2 is 2.04 bits per heavy atom. The first-order valence-corrected chi connectivity index (χ1v) is 8.46. The van der Waals surface area contributed by atoms with Crippen molar-refractivity contribution in [3.05, 3.63) is 41.7 Å². The van der Waals surface area contributed by atoms with Gasteiger partial charge >= 0.3 is 0 Å². The van der Waals surface area contributed by atoms with Gasteiger partial charge in [-0.2, -0.15) is 4.37 Å². The lowest BCUT2D eigenvalue weighted by Crippen LogP contribution is -2.35. The Hall–Kier alpha value is -1.99. The Labute approximate surface area is 139 Å². The first kappa shape index (κ1) is 15.9. The molecule has 0 bridgehead atoms. The molecule has 1 aromatic heterocycles. The average molecular weight is 332 g/mol. The Bertz CT molecular complexity index is 647. The van der Waals surface area contributed by atoms with Gasteiger partial charge in [-0.1, -0.05) is 18.2 Å². The second kappa shape index (κ2) is 7.52. The van der Waals surface area contributed by atoms with E-state index in [4.69, 9.17) is 4.74 Å². The van der Waals surface area contributed by atoms with Crippen molar-refractivity contribution in [3.8, 4) is 0 Å². The van der Waals surface area contributed by atoms with Gasteiger partial charge in [0.15, 0.2) is 5.82 Å². The number of carbonyl (C=O) groups excluding carboxylic acids is 1. The van der Waals surface area contributed by atoms with Crippen molar-refractivity contribution in [2.45, 2.75) is 13.0 Å². The van der Waals surface area contributed by atoms with Crippen LogP contribution in [-0.2, 0) is 11.3 Å². The van der Waals surface area contributed by atoms with Gasteiger partial charge in [0.25, 0.3) is 5.91 Å². The molecule has 2 heterocycles. The summed E-state index contributed by atoms with van der Waals surface area (Å²) in [5.41, 5.74) is 0.749. The second-order valence-electron chi connectivity index (χ2n) is 5.43. The molecule has 0 atom stereocenters. The zero-order chi connectivity index (χ0) is 16.1. The van der Waals surface area contributed by atoms with Gasteiger partial charge in [0.05, 0.1) is 0 Å². The van der Waals surface area contributed by atoms with Crippen LogP contribution >= 0.6 is 11.5 Å². The van der Waals surface area contributed by atoms with Crippen molar-refractivity contribution in [1.82, 2.24) is 14.3 Å². The molecule has 3 rings (SSSR count). The average Bonchev–Trinajstić information content (AvgIpc) is 2.91. The molecular weight excluding hydrogens is 312 g/mol. The maximum atomic E-state index is 12.6. The molecule has 6 nitrogen and oxygen atoms in total. The van der Waals surface area contributed by atoms with Crippen LogP contribution in [0.3, 0.4) is 0 Å². The quantitative estimate of drug-likeness (QED) is 0.857. The van der Waals surface area contributed by atoms with Crippen molar-refractivity contribution in [2.24, 2.45) is 0 Å². The number of amides is 1. The molecule has 0 unspecified atom stereocenters. The summed E-state index contributed by atoms with van der Waals surface area (Å²) in [7, 11) is 1.64. The van der Waals surface area contributed by atoms with E-state index in [1.54, 1.807) is 7.11 Å². The third-order valence-corrected chi connectivity index (χ3v) is 4.62. The smallest absolute Gasteiger partial charge is 0.253 e. The molecule has 2 aromatic rings. The second-order valence-corrected chi connectivity index (χ2v) is 6.16. The molecule has 0 saturated carbocycles. The zero-order valence-corrected chi connectivity index (χ0v) is 14.0. The van der Waals surface area contributed by atoms with Crippen LogP contribution in [0.15, 0.2) is 30.3 Å². The number of benzene rings is 1. The number of hydrogen-bond donors (Lipinski definition) is 0. The molecule has 0 radical (unpaired) electrons. The summed E-state index contributed by atoms with van der Waals surface area (Å²) in [4.78, 5) is 21.2. The summed E-state index contributed by atoms with van der Waals surface area (Å²) in [6.45, 7) is 3.57. The third-order valence-electron chi connectivity index (χ3n) is 3.81. The minimum absolute atomic E-state index is 0.102. The SMILES string of the molecule is COCc1nsc(N2CCCN(C(=O)c3ccccc3)CC2)n1. The molecule has 1 fully saturated rings. The van der Waals surface area contributed by atoms with Gasteiger partial charge in [0.1, 0.15) is 6.61 Å². The highest BCUT2D eigenvalue weighted by molar-refractivity contribution is 7.09. The van der Waals surface area contributed by atoms with E-state index >= 15 is 0 Å². The molecule has 1 saturated heterocycles. The van der Waals surface area contributed by atoms with Crippen molar-refractivity contribution < 1.29 is 9.53 Å². The topological polar surface area (TPSA) is 58.6 Å². The highest BCUT2D eigenvalue weighted by Crippen LogP contribution is 2.20. The Balaban J connectivity index is 1.63. The van der Waals surface area contributed by atoms with Crippen LogP contribution in [0.25, 0.3) is 0 Å². The fraction of sp³-hybridized carbons (Fsp3) is 0.438. The van der Waals surface area contributed by atoms with E-state index in [0.29, 0.717) is 19.0 Å². The van der Waals surface area contributed by atoms with Crippen LogP contribution in [0, 0.1) is 0 Å². The Kier molecular flexibility index (Phi) is 5.19. The van der Waals surface area contributed by atoms with E-state index < -0.39 is 0 Å². The van der Waals surface area contributed by atoms with Crippen molar-refractivity contribution in [1.29, 1.82) is 0 Å². The molecule has 1 aliphatic heterocycles. The number of carbonyl (C=O) groups is 1. The van der Waals surface area contributed by atoms with Crippen molar-refractivity contribution in [3.63, 3.8) is 0 Å². The molecule has 0 N–H and O–H groups in total. The van der Waals surface area contributed by atoms with Crippen LogP contribution in [0.1, 0.15) is 22.6 Å². The number of anilines is 1. The normalized spacial score (nSPS) is 15.5. The van der Waals surface area contributed by atoms with Crippen LogP contribution in [0.4, 0.5) is 5.13 Å². The fourth-order valence-corrected chi connectivity index (χ4v) is 3.36. The molecule has 1 amide bonds. The van der Waals surface area contributed by atoms with Crippen LogP contribution in [-0.4, -0.2) is 53.5 Å². The first-order chi connectivity index (χ1) is 11.3. The van der Waals surface area contributed by atoms with E-state index in [1.165, 1.54) is 11.5 Å². The highest BCUT2D eigenvalue weighted by Gasteiger charge is 2.22. The molecule has 0 aliphatic carbocycles. The highest BCUT2D eigenvalue weighted by atomic mass is 32.1.